The van der Waals surface area contributed by atoms with Crippen molar-refractivity contribution < 1.29 is 18.0 Å². The van der Waals surface area contributed by atoms with E-state index in [-0.39, 0.29) is 16.6 Å². The predicted molar refractivity (Wildman–Crippen MR) is 112 cm³/mol. The third-order valence-corrected chi connectivity index (χ3v) is 7.61. The van der Waals surface area contributed by atoms with Gasteiger partial charge in [0.25, 0.3) is 5.91 Å². The van der Waals surface area contributed by atoms with Gasteiger partial charge in [-0.1, -0.05) is 18.1 Å². The molecule has 0 bridgehead atoms. The molecular formula is C19H23N3O4S2. The van der Waals surface area contributed by atoms with Gasteiger partial charge < -0.3 is 4.84 Å². The molecule has 0 spiro atoms. The van der Waals surface area contributed by atoms with Crippen LogP contribution < -0.4 is 0 Å². The van der Waals surface area contributed by atoms with E-state index in [1.165, 1.54) is 12.1 Å². The SMILES string of the molecule is CCCS/C(=C1/C=NN(CC)C1=O)c1ccc2c(c1)/C(=N/OC)CCS2(=O)=O. The molecule has 0 atom stereocenters. The molecule has 2 aliphatic rings. The molecule has 28 heavy (non-hydrogen) atoms. The van der Waals surface area contributed by atoms with E-state index >= 15 is 0 Å². The van der Waals surface area contributed by atoms with Crippen molar-refractivity contribution in [1.82, 2.24) is 5.01 Å². The summed E-state index contributed by atoms with van der Waals surface area (Å²) in [4.78, 5) is 18.6. The van der Waals surface area contributed by atoms with Gasteiger partial charge in [-0.05, 0) is 36.8 Å². The summed E-state index contributed by atoms with van der Waals surface area (Å²) in [5, 5.41) is 9.61. The average Bonchev–Trinajstić information content (AvgIpc) is 3.05. The number of carbonyl (C=O) groups is 1. The molecule has 0 N–H and O–H groups in total. The number of amides is 1. The van der Waals surface area contributed by atoms with E-state index in [0.717, 1.165) is 22.6 Å². The number of rotatable bonds is 6. The Labute approximate surface area is 169 Å². The van der Waals surface area contributed by atoms with Crippen LogP contribution in [0.5, 0.6) is 0 Å². The van der Waals surface area contributed by atoms with Crippen LogP contribution in [-0.4, -0.2) is 56.4 Å². The number of thioether (sulfide) groups is 1. The van der Waals surface area contributed by atoms with Crippen molar-refractivity contribution in [1.29, 1.82) is 0 Å². The zero-order valence-corrected chi connectivity index (χ0v) is 17.8. The number of likely N-dealkylation sites (N-methyl/N-ethyl adjacent to an activating group) is 1. The largest absolute Gasteiger partial charge is 0.399 e. The van der Waals surface area contributed by atoms with Crippen molar-refractivity contribution in [2.75, 3.05) is 25.2 Å². The van der Waals surface area contributed by atoms with Crippen LogP contribution in [0.4, 0.5) is 0 Å². The maximum absolute atomic E-state index is 12.7. The molecule has 2 aliphatic heterocycles. The molecule has 3 rings (SSSR count). The van der Waals surface area contributed by atoms with E-state index in [0.29, 0.717) is 29.8 Å². The van der Waals surface area contributed by atoms with Crippen molar-refractivity contribution >= 4 is 44.3 Å². The van der Waals surface area contributed by atoms with Gasteiger partial charge in [0.05, 0.1) is 28.1 Å². The Balaban J connectivity index is 2.16. The maximum atomic E-state index is 12.7. The fourth-order valence-corrected chi connectivity index (χ4v) is 5.59. The number of nitrogens with zero attached hydrogens (tertiary/aromatic N) is 3. The lowest BCUT2D eigenvalue weighted by Gasteiger charge is -2.20. The highest BCUT2D eigenvalue weighted by Crippen LogP contribution is 2.36. The lowest BCUT2D eigenvalue weighted by Crippen LogP contribution is -2.23. The maximum Gasteiger partial charge on any atom is 0.276 e. The molecule has 0 fully saturated rings. The number of carbonyl (C=O) groups excluding carboxylic acids is 1. The smallest absolute Gasteiger partial charge is 0.276 e. The zero-order chi connectivity index (χ0) is 20.3. The molecule has 0 aliphatic carbocycles. The second kappa shape index (κ2) is 8.48. The summed E-state index contributed by atoms with van der Waals surface area (Å²) >= 11 is 1.57. The molecule has 0 radical (unpaired) electrons. The second-order valence-electron chi connectivity index (χ2n) is 6.36. The first-order valence-corrected chi connectivity index (χ1v) is 11.8. The Morgan fingerprint density at radius 3 is 2.79 bits per heavy atom. The third-order valence-electron chi connectivity index (χ3n) is 4.48. The summed E-state index contributed by atoms with van der Waals surface area (Å²) in [6, 6.07) is 5.16. The summed E-state index contributed by atoms with van der Waals surface area (Å²) < 4.78 is 24.9. The van der Waals surface area contributed by atoms with Crippen LogP contribution >= 0.6 is 11.8 Å². The van der Waals surface area contributed by atoms with Crippen LogP contribution in [0.25, 0.3) is 4.91 Å². The Morgan fingerprint density at radius 1 is 1.36 bits per heavy atom. The molecule has 0 saturated heterocycles. The highest BCUT2D eigenvalue weighted by molar-refractivity contribution is 8.08. The van der Waals surface area contributed by atoms with Crippen molar-refractivity contribution in [3.05, 3.63) is 34.9 Å². The first-order valence-electron chi connectivity index (χ1n) is 9.13. The summed E-state index contributed by atoms with van der Waals surface area (Å²) in [6.45, 7) is 4.44. The van der Waals surface area contributed by atoms with Gasteiger partial charge >= 0.3 is 0 Å². The van der Waals surface area contributed by atoms with Crippen LogP contribution in [0.2, 0.25) is 0 Å². The summed E-state index contributed by atoms with van der Waals surface area (Å²) in [6.07, 6.45) is 2.83. The van der Waals surface area contributed by atoms with Crippen LogP contribution in [0.1, 0.15) is 37.8 Å². The molecule has 9 heteroatoms. The number of hydrazone groups is 1. The van der Waals surface area contributed by atoms with Gasteiger partial charge in [0, 0.05) is 23.4 Å². The molecular weight excluding hydrogens is 398 g/mol. The minimum atomic E-state index is -3.36. The summed E-state index contributed by atoms with van der Waals surface area (Å²) in [5.41, 5.74) is 2.45. The van der Waals surface area contributed by atoms with Crippen molar-refractivity contribution in [2.24, 2.45) is 10.3 Å². The number of hydrogen-bond acceptors (Lipinski definition) is 7. The molecule has 7 nitrogen and oxygen atoms in total. The third kappa shape index (κ3) is 3.86. The highest BCUT2D eigenvalue weighted by atomic mass is 32.2. The lowest BCUT2D eigenvalue weighted by molar-refractivity contribution is -0.125. The summed E-state index contributed by atoms with van der Waals surface area (Å²) in [5.74, 6) is 0.703. The average molecular weight is 422 g/mol. The van der Waals surface area contributed by atoms with Gasteiger partial charge in [0.1, 0.15) is 7.11 Å². The van der Waals surface area contributed by atoms with Gasteiger partial charge in [-0.15, -0.1) is 11.8 Å². The highest BCUT2D eigenvalue weighted by Gasteiger charge is 2.30. The molecule has 2 heterocycles. The van der Waals surface area contributed by atoms with E-state index in [2.05, 4.69) is 17.2 Å². The van der Waals surface area contributed by atoms with Gasteiger partial charge in [-0.3, -0.25) is 4.79 Å². The van der Waals surface area contributed by atoms with E-state index in [4.69, 9.17) is 4.84 Å². The minimum absolute atomic E-state index is 0.0106. The molecule has 1 aromatic carbocycles. The van der Waals surface area contributed by atoms with E-state index in [1.807, 2.05) is 6.92 Å². The van der Waals surface area contributed by atoms with E-state index in [1.54, 1.807) is 36.2 Å². The van der Waals surface area contributed by atoms with Crippen molar-refractivity contribution in [3.8, 4) is 0 Å². The van der Waals surface area contributed by atoms with Crippen LogP contribution in [0, 0.1) is 0 Å². The molecule has 0 aromatic heterocycles. The Bertz CT molecular complexity index is 981. The molecule has 0 saturated carbocycles. The Kier molecular flexibility index (Phi) is 6.24. The first kappa shape index (κ1) is 20.6. The molecule has 150 valence electrons. The Hall–Kier alpha value is -2.13. The first-order chi connectivity index (χ1) is 13.4. The van der Waals surface area contributed by atoms with E-state index in [9.17, 15) is 13.2 Å². The second-order valence-corrected chi connectivity index (χ2v) is 9.54. The van der Waals surface area contributed by atoms with E-state index < -0.39 is 9.84 Å². The summed E-state index contributed by atoms with van der Waals surface area (Å²) in [7, 11) is -1.91. The number of benzene rings is 1. The lowest BCUT2D eigenvalue weighted by atomic mass is 10.0. The number of oxime groups is 1. The Morgan fingerprint density at radius 2 is 2.14 bits per heavy atom. The minimum Gasteiger partial charge on any atom is -0.399 e. The number of hydrogen-bond donors (Lipinski definition) is 0. The molecule has 1 aromatic rings. The van der Waals surface area contributed by atoms with Crippen molar-refractivity contribution in [2.45, 2.75) is 31.6 Å². The van der Waals surface area contributed by atoms with Crippen molar-refractivity contribution in [3.63, 3.8) is 0 Å². The number of sulfone groups is 1. The molecule has 1 amide bonds. The van der Waals surface area contributed by atoms with Gasteiger partial charge in [0.15, 0.2) is 9.84 Å². The standard InChI is InChI=1S/C19H23N3O4S2/c1-4-9-27-18(15-12-20-22(5-2)19(15)23)13-6-7-17-14(11-13)16(21-26-3)8-10-28(17,24)25/h6-7,11-12H,4-5,8-10H2,1-3H3/b18-15-,21-16+. The molecule has 0 unspecified atom stereocenters. The quantitative estimate of drug-likeness (QED) is 0.520. The predicted octanol–water partition coefficient (Wildman–Crippen LogP) is 2.92. The van der Waals surface area contributed by atoms with Gasteiger partial charge in [0.2, 0.25) is 0 Å². The monoisotopic (exact) mass is 421 g/mol. The van der Waals surface area contributed by atoms with Gasteiger partial charge in [-0.25, -0.2) is 13.4 Å². The van der Waals surface area contributed by atoms with Crippen LogP contribution in [-0.2, 0) is 19.5 Å². The van der Waals surface area contributed by atoms with Crippen LogP contribution in [0.15, 0.2) is 38.9 Å². The van der Waals surface area contributed by atoms with Crippen LogP contribution in [0.3, 0.4) is 0 Å². The number of fused-ring (bicyclic) bond motifs is 1. The normalized spacial score (nSPS) is 21.2. The fourth-order valence-electron chi connectivity index (χ4n) is 3.12. The topological polar surface area (TPSA) is 88.4 Å². The zero-order valence-electron chi connectivity index (χ0n) is 16.1. The fraction of sp³-hybridized carbons (Fsp3) is 0.421. The van der Waals surface area contributed by atoms with Gasteiger partial charge in [-0.2, -0.15) is 5.10 Å².